The van der Waals surface area contributed by atoms with Gasteiger partial charge in [0.25, 0.3) is 5.91 Å². The smallest absolute Gasteiger partial charge is 0.323 e. The zero-order valence-electron chi connectivity index (χ0n) is 17.4. The van der Waals surface area contributed by atoms with Crippen LogP contribution < -0.4 is 10.6 Å². The molecule has 1 saturated carbocycles. The molecule has 5 rings (SSSR count). The third-order valence-corrected chi connectivity index (χ3v) is 7.30. The molecule has 2 aromatic rings. The predicted octanol–water partition coefficient (Wildman–Crippen LogP) is 2.36. The quantitative estimate of drug-likeness (QED) is 0.674. The minimum atomic E-state index is -0.875. The van der Waals surface area contributed by atoms with Gasteiger partial charge in [0.15, 0.2) is 5.13 Å². The van der Waals surface area contributed by atoms with Crippen molar-refractivity contribution < 1.29 is 14.4 Å². The van der Waals surface area contributed by atoms with E-state index in [-0.39, 0.29) is 18.4 Å². The van der Waals surface area contributed by atoms with E-state index in [4.69, 9.17) is 0 Å². The maximum absolute atomic E-state index is 12.7. The number of nitrogens with zero attached hydrogens (tertiary/aromatic N) is 3. The van der Waals surface area contributed by atoms with E-state index in [2.05, 4.69) is 32.7 Å². The van der Waals surface area contributed by atoms with Gasteiger partial charge in [-0.3, -0.25) is 19.4 Å². The Labute approximate surface area is 184 Å². The van der Waals surface area contributed by atoms with E-state index in [1.807, 2.05) is 18.2 Å². The maximum Gasteiger partial charge on any atom is 0.325 e. The molecule has 0 bridgehead atoms. The van der Waals surface area contributed by atoms with Gasteiger partial charge in [0.2, 0.25) is 5.91 Å². The van der Waals surface area contributed by atoms with Gasteiger partial charge in [0.1, 0.15) is 12.1 Å². The number of aromatic nitrogens is 1. The molecule has 1 aliphatic carbocycles. The van der Waals surface area contributed by atoms with Crippen LogP contribution in [-0.2, 0) is 29.1 Å². The lowest BCUT2D eigenvalue weighted by molar-refractivity contribution is -0.134. The standard InChI is InChI=1S/C22H25N5O3S/c1-22(15-7-8-15)19(29)27(21(30)25-22)13-18(28)24-20-23-16-9-10-26(12-17(16)31-20)11-14-5-3-2-4-6-14/h2-6,15H,7-13H2,1H3,(H,25,30)(H,23,24,28). The van der Waals surface area contributed by atoms with Crippen LogP contribution in [0.15, 0.2) is 30.3 Å². The molecule has 1 unspecified atom stereocenters. The molecule has 4 amide bonds. The highest BCUT2D eigenvalue weighted by Gasteiger charge is 2.56. The summed E-state index contributed by atoms with van der Waals surface area (Å²) >= 11 is 1.46. The van der Waals surface area contributed by atoms with Gasteiger partial charge in [-0.05, 0) is 31.2 Å². The fourth-order valence-corrected chi connectivity index (χ4v) is 5.44. The summed E-state index contributed by atoms with van der Waals surface area (Å²) in [5.74, 6) is -0.553. The summed E-state index contributed by atoms with van der Waals surface area (Å²) in [5.41, 5.74) is 1.41. The van der Waals surface area contributed by atoms with Gasteiger partial charge in [-0.25, -0.2) is 9.78 Å². The summed E-state index contributed by atoms with van der Waals surface area (Å²) in [6.45, 7) is 4.05. The first-order valence-electron chi connectivity index (χ1n) is 10.6. The number of benzene rings is 1. The van der Waals surface area contributed by atoms with Crippen LogP contribution in [-0.4, -0.2) is 51.3 Å². The topological polar surface area (TPSA) is 94.6 Å². The zero-order chi connectivity index (χ0) is 21.6. The van der Waals surface area contributed by atoms with Gasteiger partial charge in [-0.1, -0.05) is 30.3 Å². The van der Waals surface area contributed by atoms with Gasteiger partial charge < -0.3 is 10.6 Å². The molecular formula is C22H25N5O3S. The van der Waals surface area contributed by atoms with Crippen LogP contribution >= 0.6 is 11.3 Å². The molecule has 8 nitrogen and oxygen atoms in total. The molecule has 162 valence electrons. The van der Waals surface area contributed by atoms with Crippen molar-refractivity contribution in [2.24, 2.45) is 5.92 Å². The average Bonchev–Trinajstić information content (AvgIpc) is 3.49. The summed E-state index contributed by atoms with van der Waals surface area (Å²) in [5, 5.41) is 6.07. The van der Waals surface area contributed by atoms with E-state index in [0.717, 1.165) is 54.4 Å². The number of hydrogen-bond acceptors (Lipinski definition) is 6. The van der Waals surface area contributed by atoms with Crippen molar-refractivity contribution >= 4 is 34.3 Å². The Kier molecular flexibility index (Phi) is 5.02. The molecular weight excluding hydrogens is 414 g/mol. The van der Waals surface area contributed by atoms with Crippen molar-refractivity contribution in [1.29, 1.82) is 0 Å². The summed E-state index contributed by atoms with van der Waals surface area (Å²) in [6, 6.07) is 9.86. The van der Waals surface area contributed by atoms with E-state index in [0.29, 0.717) is 5.13 Å². The van der Waals surface area contributed by atoms with Gasteiger partial charge in [-0.2, -0.15) is 0 Å². The number of nitrogens with one attached hydrogen (secondary N) is 2. The number of carbonyl (C=O) groups excluding carboxylic acids is 3. The van der Waals surface area contributed by atoms with E-state index in [1.165, 1.54) is 16.9 Å². The minimum absolute atomic E-state index is 0.168. The molecule has 2 aliphatic heterocycles. The minimum Gasteiger partial charge on any atom is -0.323 e. The van der Waals surface area contributed by atoms with E-state index in [1.54, 1.807) is 6.92 Å². The molecule has 1 saturated heterocycles. The molecule has 1 aromatic heterocycles. The molecule has 9 heteroatoms. The number of carbonyl (C=O) groups is 3. The van der Waals surface area contributed by atoms with Crippen LogP contribution in [0, 0.1) is 5.92 Å². The number of urea groups is 1. The van der Waals surface area contributed by atoms with E-state index >= 15 is 0 Å². The van der Waals surface area contributed by atoms with Crippen molar-refractivity contribution in [1.82, 2.24) is 20.1 Å². The Bertz CT molecular complexity index is 1040. The average molecular weight is 440 g/mol. The Balaban J connectivity index is 1.19. The highest BCUT2D eigenvalue weighted by atomic mass is 32.1. The maximum atomic E-state index is 12.7. The number of imide groups is 1. The molecule has 0 radical (unpaired) electrons. The summed E-state index contributed by atoms with van der Waals surface area (Å²) < 4.78 is 0. The predicted molar refractivity (Wildman–Crippen MR) is 116 cm³/mol. The number of hydrogen-bond donors (Lipinski definition) is 2. The number of amides is 4. The van der Waals surface area contributed by atoms with Crippen LogP contribution in [0.2, 0.25) is 0 Å². The third kappa shape index (κ3) is 3.95. The molecule has 2 N–H and O–H groups in total. The molecule has 2 fully saturated rings. The zero-order valence-corrected chi connectivity index (χ0v) is 18.2. The molecule has 1 aromatic carbocycles. The van der Waals surface area contributed by atoms with Gasteiger partial charge in [-0.15, -0.1) is 11.3 Å². The van der Waals surface area contributed by atoms with Crippen LogP contribution in [0.1, 0.15) is 35.9 Å². The van der Waals surface area contributed by atoms with Crippen LogP contribution in [0.4, 0.5) is 9.93 Å². The Morgan fingerprint density at radius 1 is 1.29 bits per heavy atom. The lowest BCUT2D eigenvalue weighted by Crippen LogP contribution is -2.46. The number of fused-ring (bicyclic) bond motifs is 1. The van der Waals surface area contributed by atoms with Crippen molar-refractivity contribution in [3.8, 4) is 0 Å². The Morgan fingerprint density at radius 2 is 2.06 bits per heavy atom. The highest BCUT2D eigenvalue weighted by molar-refractivity contribution is 7.15. The SMILES string of the molecule is CC1(C2CC2)NC(=O)N(CC(=O)Nc2nc3c(s2)CN(Cc2ccccc2)CC3)C1=O. The van der Waals surface area contributed by atoms with E-state index in [9.17, 15) is 14.4 Å². The first-order valence-corrected chi connectivity index (χ1v) is 11.4. The Hall–Kier alpha value is -2.78. The second-order valence-electron chi connectivity index (χ2n) is 8.68. The first-order chi connectivity index (χ1) is 14.9. The second-order valence-corrected chi connectivity index (χ2v) is 9.77. The highest BCUT2D eigenvalue weighted by Crippen LogP contribution is 2.42. The molecule has 31 heavy (non-hydrogen) atoms. The lowest BCUT2D eigenvalue weighted by Gasteiger charge is -2.25. The van der Waals surface area contributed by atoms with Crippen molar-refractivity contribution in [2.45, 2.75) is 44.8 Å². The number of rotatable bonds is 6. The largest absolute Gasteiger partial charge is 0.325 e. The van der Waals surface area contributed by atoms with Crippen LogP contribution in [0.5, 0.6) is 0 Å². The molecule has 0 spiro atoms. The second kappa shape index (κ2) is 7.72. The van der Waals surface area contributed by atoms with Gasteiger partial charge >= 0.3 is 6.03 Å². The lowest BCUT2D eigenvalue weighted by atomic mass is 9.96. The van der Waals surface area contributed by atoms with Crippen molar-refractivity contribution in [2.75, 3.05) is 18.4 Å². The molecule has 3 heterocycles. The van der Waals surface area contributed by atoms with Gasteiger partial charge in [0.05, 0.1) is 5.69 Å². The summed E-state index contributed by atoms with van der Waals surface area (Å²) in [7, 11) is 0. The van der Waals surface area contributed by atoms with Gasteiger partial charge in [0, 0.05) is 30.9 Å². The summed E-state index contributed by atoms with van der Waals surface area (Å²) in [6.07, 6.45) is 2.68. The monoisotopic (exact) mass is 439 g/mol. The van der Waals surface area contributed by atoms with E-state index < -0.39 is 17.5 Å². The van der Waals surface area contributed by atoms with Crippen molar-refractivity contribution in [3.63, 3.8) is 0 Å². The van der Waals surface area contributed by atoms with Crippen LogP contribution in [0.25, 0.3) is 0 Å². The third-order valence-electron chi connectivity index (χ3n) is 6.30. The Morgan fingerprint density at radius 3 is 2.81 bits per heavy atom. The normalized spacial score (nSPS) is 23.6. The van der Waals surface area contributed by atoms with Crippen molar-refractivity contribution in [3.05, 3.63) is 46.5 Å². The van der Waals surface area contributed by atoms with Crippen LogP contribution in [0.3, 0.4) is 0 Å². The fraction of sp³-hybridized carbons (Fsp3) is 0.455. The molecule has 1 atom stereocenters. The number of anilines is 1. The first kappa shape index (κ1) is 20.1. The molecule has 3 aliphatic rings. The summed E-state index contributed by atoms with van der Waals surface area (Å²) in [4.78, 5) is 46.6. The number of thiazole rings is 1. The fourth-order valence-electron chi connectivity index (χ4n) is 4.38.